The first kappa shape index (κ1) is 20.0. The van der Waals surface area contributed by atoms with E-state index in [2.05, 4.69) is 25.4 Å². The lowest BCUT2D eigenvalue weighted by Crippen LogP contribution is -2.43. The fraction of sp³-hybridized carbons (Fsp3) is 0.350. The number of halogens is 1. The molecule has 0 radical (unpaired) electrons. The molecule has 10 heteroatoms. The lowest BCUT2D eigenvalue weighted by molar-refractivity contribution is -0.119. The number of nitrogens with zero attached hydrogens (tertiary/aromatic N) is 5. The lowest BCUT2D eigenvalue weighted by atomic mass is 10.1. The van der Waals surface area contributed by atoms with E-state index >= 15 is 0 Å². The Morgan fingerprint density at radius 1 is 1.37 bits per heavy atom. The number of anilines is 1. The Balaban J connectivity index is 1.45. The molecule has 1 aromatic carbocycles. The zero-order chi connectivity index (χ0) is 20.9. The van der Waals surface area contributed by atoms with E-state index in [1.165, 1.54) is 18.5 Å². The third kappa shape index (κ3) is 4.50. The van der Waals surface area contributed by atoms with Crippen LogP contribution in [0.3, 0.4) is 0 Å². The van der Waals surface area contributed by atoms with Gasteiger partial charge in [-0.05, 0) is 12.1 Å². The molecule has 3 aromatic rings. The molecule has 156 valence electrons. The van der Waals surface area contributed by atoms with Crippen LogP contribution >= 0.6 is 0 Å². The molecule has 0 spiro atoms. The van der Waals surface area contributed by atoms with Crippen LogP contribution in [-0.4, -0.2) is 57.2 Å². The molecule has 0 aliphatic carbocycles. The van der Waals surface area contributed by atoms with Gasteiger partial charge in [-0.25, -0.2) is 14.4 Å². The fourth-order valence-electron chi connectivity index (χ4n) is 3.24. The number of ether oxygens (including phenoxy) is 1. The molecule has 3 heterocycles. The molecule has 4 rings (SSSR count). The van der Waals surface area contributed by atoms with Gasteiger partial charge in [-0.3, -0.25) is 9.69 Å². The lowest BCUT2D eigenvalue weighted by Gasteiger charge is -2.32. The number of hydrogen-bond donors (Lipinski definition) is 1. The highest BCUT2D eigenvalue weighted by molar-refractivity contribution is 5.92. The van der Waals surface area contributed by atoms with Crippen molar-refractivity contribution in [3.63, 3.8) is 0 Å². The second kappa shape index (κ2) is 9.06. The third-order valence-electron chi connectivity index (χ3n) is 4.73. The van der Waals surface area contributed by atoms with E-state index in [9.17, 15) is 9.18 Å². The number of para-hydroxylation sites is 1. The molecule has 1 amide bonds. The first-order valence-electron chi connectivity index (χ1n) is 9.65. The number of rotatable bonds is 6. The van der Waals surface area contributed by atoms with Crippen molar-refractivity contribution in [3.05, 3.63) is 54.2 Å². The Kier molecular flexibility index (Phi) is 6.05. The summed E-state index contributed by atoms with van der Waals surface area (Å²) in [7, 11) is 0. The van der Waals surface area contributed by atoms with Gasteiger partial charge in [0.2, 0.25) is 17.6 Å². The predicted molar refractivity (Wildman–Crippen MR) is 105 cm³/mol. The van der Waals surface area contributed by atoms with Crippen molar-refractivity contribution in [3.8, 4) is 11.4 Å². The van der Waals surface area contributed by atoms with Gasteiger partial charge >= 0.3 is 0 Å². The molecule has 0 bridgehead atoms. The van der Waals surface area contributed by atoms with Crippen molar-refractivity contribution < 1.29 is 18.4 Å². The summed E-state index contributed by atoms with van der Waals surface area (Å²) >= 11 is 0. The Morgan fingerprint density at radius 2 is 2.23 bits per heavy atom. The highest BCUT2D eigenvalue weighted by atomic mass is 19.1. The molecule has 9 nitrogen and oxygen atoms in total. The topological polar surface area (TPSA) is 106 Å². The first-order valence-corrected chi connectivity index (χ1v) is 9.65. The van der Waals surface area contributed by atoms with Gasteiger partial charge in [0.05, 0.1) is 30.1 Å². The van der Waals surface area contributed by atoms with Crippen LogP contribution in [0.5, 0.6) is 0 Å². The van der Waals surface area contributed by atoms with E-state index in [1.54, 1.807) is 18.3 Å². The summed E-state index contributed by atoms with van der Waals surface area (Å²) in [6, 6.07) is 6.07. The monoisotopic (exact) mass is 412 g/mol. The van der Waals surface area contributed by atoms with Crippen LogP contribution in [0, 0.1) is 5.82 Å². The average molecular weight is 412 g/mol. The van der Waals surface area contributed by atoms with Gasteiger partial charge in [-0.2, -0.15) is 4.98 Å². The van der Waals surface area contributed by atoms with Gasteiger partial charge in [0.25, 0.3) is 0 Å². The zero-order valence-electron chi connectivity index (χ0n) is 16.4. The average Bonchev–Trinajstić information content (AvgIpc) is 3.25. The number of nitrogens with one attached hydrogen (secondary N) is 1. The molecule has 1 fully saturated rings. The minimum atomic E-state index is -0.470. The number of carbonyl (C=O) groups excluding carboxylic acids is 1. The summed E-state index contributed by atoms with van der Waals surface area (Å²) in [5, 5.41) is 6.60. The van der Waals surface area contributed by atoms with Crippen LogP contribution < -0.4 is 5.32 Å². The van der Waals surface area contributed by atoms with Crippen molar-refractivity contribution in [2.45, 2.75) is 19.4 Å². The Hall–Kier alpha value is -3.24. The Bertz CT molecular complexity index is 1030. The molecule has 1 aliphatic rings. The number of morpholine rings is 1. The van der Waals surface area contributed by atoms with Crippen molar-refractivity contribution in [2.75, 3.05) is 31.6 Å². The first-order chi connectivity index (χ1) is 14.6. The molecule has 1 unspecified atom stereocenters. The molecule has 0 saturated carbocycles. The zero-order valence-corrected chi connectivity index (χ0v) is 16.4. The van der Waals surface area contributed by atoms with Crippen molar-refractivity contribution in [1.29, 1.82) is 0 Å². The molecule has 1 N–H and O–H groups in total. The van der Waals surface area contributed by atoms with Crippen LogP contribution in [-0.2, 0) is 16.0 Å². The maximum absolute atomic E-state index is 13.8. The summed E-state index contributed by atoms with van der Waals surface area (Å²) in [6.07, 6.45) is 3.30. The van der Waals surface area contributed by atoms with Crippen LogP contribution in [0.4, 0.5) is 10.1 Å². The summed E-state index contributed by atoms with van der Waals surface area (Å²) in [4.78, 5) is 27.1. The highest BCUT2D eigenvalue weighted by Gasteiger charge is 2.28. The maximum atomic E-state index is 13.8. The summed E-state index contributed by atoms with van der Waals surface area (Å²) < 4.78 is 24.9. The predicted octanol–water partition coefficient (Wildman–Crippen LogP) is 2.24. The number of hydrogen-bond acceptors (Lipinski definition) is 8. The normalized spacial score (nSPS) is 17.1. The van der Waals surface area contributed by atoms with Gasteiger partial charge in [-0.1, -0.05) is 24.2 Å². The summed E-state index contributed by atoms with van der Waals surface area (Å²) in [5.41, 5.74) is 1.42. The molecule has 2 aromatic heterocycles. The number of benzene rings is 1. The minimum absolute atomic E-state index is 0.108. The van der Waals surface area contributed by atoms with Crippen LogP contribution in [0.1, 0.15) is 24.6 Å². The van der Waals surface area contributed by atoms with Crippen LogP contribution in [0.15, 0.2) is 41.3 Å². The van der Waals surface area contributed by atoms with Crippen LogP contribution in [0.25, 0.3) is 11.4 Å². The van der Waals surface area contributed by atoms with Crippen molar-refractivity contribution >= 4 is 11.6 Å². The summed E-state index contributed by atoms with van der Waals surface area (Å²) in [5.74, 6) is 0.161. The number of amides is 1. The molecule has 30 heavy (non-hydrogen) atoms. The summed E-state index contributed by atoms with van der Waals surface area (Å²) in [6.45, 7) is 3.47. The van der Waals surface area contributed by atoms with Gasteiger partial charge in [-0.15, -0.1) is 0 Å². The van der Waals surface area contributed by atoms with Gasteiger partial charge in [0.1, 0.15) is 18.2 Å². The molecular formula is C20H21FN6O3. The van der Waals surface area contributed by atoms with Gasteiger partial charge in [0.15, 0.2) is 0 Å². The second-order valence-electron chi connectivity index (χ2n) is 6.81. The van der Waals surface area contributed by atoms with E-state index in [1.807, 2.05) is 11.8 Å². The Labute approximate surface area is 172 Å². The van der Waals surface area contributed by atoms with Gasteiger partial charge in [0, 0.05) is 25.7 Å². The third-order valence-corrected chi connectivity index (χ3v) is 4.73. The van der Waals surface area contributed by atoms with Crippen molar-refractivity contribution in [2.24, 2.45) is 0 Å². The molecule has 1 saturated heterocycles. The number of carbonyl (C=O) groups is 1. The smallest absolute Gasteiger partial charge is 0.238 e. The van der Waals surface area contributed by atoms with Gasteiger partial charge < -0.3 is 14.6 Å². The minimum Gasteiger partial charge on any atom is -0.369 e. The fourth-order valence-corrected chi connectivity index (χ4v) is 3.24. The van der Waals surface area contributed by atoms with E-state index in [-0.39, 0.29) is 24.2 Å². The van der Waals surface area contributed by atoms with E-state index in [4.69, 9.17) is 9.26 Å². The standard InChI is InChI=1S/C20H21FN6O3/c1-2-18-25-20(26-30-18)13-9-22-12-23-19(13)16-10-27(7-8-29-16)11-17(28)24-15-6-4-3-5-14(15)21/h3-6,9,12,16H,2,7-8,10-11H2,1H3,(H,24,28). The molecule has 1 aliphatic heterocycles. The van der Waals surface area contributed by atoms with E-state index in [0.29, 0.717) is 49.1 Å². The number of aryl methyl sites for hydroxylation is 1. The number of aromatic nitrogens is 4. The Morgan fingerprint density at radius 3 is 3.03 bits per heavy atom. The van der Waals surface area contributed by atoms with E-state index < -0.39 is 5.82 Å². The van der Waals surface area contributed by atoms with E-state index in [0.717, 1.165) is 0 Å². The van der Waals surface area contributed by atoms with Crippen molar-refractivity contribution in [1.82, 2.24) is 25.0 Å². The molecular weight excluding hydrogens is 391 g/mol. The SMILES string of the molecule is CCc1nc(-c2cncnc2C2CN(CC(=O)Nc3ccccc3F)CCO2)no1. The largest absolute Gasteiger partial charge is 0.369 e. The second-order valence-corrected chi connectivity index (χ2v) is 6.81. The molecule has 1 atom stereocenters. The maximum Gasteiger partial charge on any atom is 0.238 e. The highest BCUT2D eigenvalue weighted by Crippen LogP contribution is 2.28. The quantitative estimate of drug-likeness (QED) is 0.657. The van der Waals surface area contributed by atoms with Crippen LogP contribution in [0.2, 0.25) is 0 Å².